The van der Waals surface area contributed by atoms with Crippen molar-refractivity contribution in [1.29, 1.82) is 0 Å². The van der Waals surface area contributed by atoms with Gasteiger partial charge in [-0.3, -0.25) is 9.59 Å². The third kappa shape index (κ3) is 4.48. The molecule has 0 bridgehead atoms. The van der Waals surface area contributed by atoms with Gasteiger partial charge in [-0.25, -0.2) is 0 Å². The molecule has 6 nitrogen and oxygen atoms in total. The molecule has 1 fully saturated rings. The van der Waals surface area contributed by atoms with E-state index in [9.17, 15) is 9.59 Å². The second-order valence-corrected chi connectivity index (χ2v) is 8.56. The molecular formula is C25H26N2O4S. The third-order valence-electron chi connectivity index (χ3n) is 5.58. The van der Waals surface area contributed by atoms with Crippen LogP contribution in [-0.2, 0) is 0 Å². The number of carbonyl (C=O) groups excluding carboxylic acids is 2. The van der Waals surface area contributed by atoms with E-state index in [2.05, 4.69) is 0 Å². The van der Waals surface area contributed by atoms with Crippen molar-refractivity contribution in [2.24, 2.45) is 0 Å². The lowest BCUT2D eigenvalue weighted by molar-refractivity contribution is 0.0717. The van der Waals surface area contributed by atoms with E-state index in [-0.39, 0.29) is 11.8 Å². The highest BCUT2D eigenvalue weighted by Crippen LogP contribution is 2.37. The molecule has 0 unspecified atom stereocenters. The first-order chi connectivity index (χ1) is 15.6. The van der Waals surface area contributed by atoms with Crippen molar-refractivity contribution in [2.75, 3.05) is 40.4 Å². The molecule has 166 valence electrons. The fourth-order valence-corrected chi connectivity index (χ4v) is 4.98. The van der Waals surface area contributed by atoms with Crippen molar-refractivity contribution < 1.29 is 19.1 Å². The Hall–Kier alpha value is -3.32. The lowest BCUT2D eigenvalue weighted by Gasteiger charge is -2.22. The summed E-state index contributed by atoms with van der Waals surface area (Å²) in [4.78, 5) is 31.6. The Balaban J connectivity index is 1.49. The number of para-hydroxylation sites is 1. The number of nitrogens with zero attached hydrogens (tertiary/aromatic N) is 2. The molecule has 0 aliphatic carbocycles. The van der Waals surface area contributed by atoms with E-state index < -0.39 is 0 Å². The molecular weight excluding hydrogens is 424 g/mol. The Morgan fingerprint density at radius 2 is 1.41 bits per heavy atom. The second-order valence-electron chi connectivity index (χ2n) is 7.51. The monoisotopic (exact) mass is 450 g/mol. The summed E-state index contributed by atoms with van der Waals surface area (Å²) in [6, 6.07) is 19.1. The zero-order chi connectivity index (χ0) is 22.5. The normalized spacial score (nSPS) is 14.1. The summed E-state index contributed by atoms with van der Waals surface area (Å²) >= 11 is 1.44. The van der Waals surface area contributed by atoms with E-state index in [0.29, 0.717) is 54.5 Å². The Kier molecular flexibility index (Phi) is 6.75. The van der Waals surface area contributed by atoms with Crippen LogP contribution in [0.5, 0.6) is 11.5 Å². The van der Waals surface area contributed by atoms with Gasteiger partial charge >= 0.3 is 0 Å². The summed E-state index contributed by atoms with van der Waals surface area (Å²) in [6.07, 6.45) is 0.714. The molecule has 0 saturated carbocycles. The maximum absolute atomic E-state index is 13.4. The number of benzene rings is 2. The lowest BCUT2D eigenvalue weighted by atomic mass is 10.1. The van der Waals surface area contributed by atoms with Crippen molar-refractivity contribution in [2.45, 2.75) is 6.42 Å². The highest BCUT2D eigenvalue weighted by molar-refractivity contribution is 7.17. The predicted molar refractivity (Wildman–Crippen MR) is 126 cm³/mol. The largest absolute Gasteiger partial charge is 0.496 e. The number of carbonyl (C=O) groups is 2. The van der Waals surface area contributed by atoms with Gasteiger partial charge in [0.05, 0.1) is 19.8 Å². The minimum absolute atomic E-state index is 0.0550. The van der Waals surface area contributed by atoms with Crippen LogP contribution in [0.25, 0.3) is 10.4 Å². The summed E-state index contributed by atoms with van der Waals surface area (Å²) in [7, 11) is 3.15. The van der Waals surface area contributed by atoms with Crippen LogP contribution in [0.2, 0.25) is 0 Å². The van der Waals surface area contributed by atoms with Crippen molar-refractivity contribution in [3.05, 3.63) is 71.1 Å². The van der Waals surface area contributed by atoms with Crippen molar-refractivity contribution >= 4 is 23.2 Å². The maximum atomic E-state index is 13.4. The maximum Gasteiger partial charge on any atom is 0.267 e. The molecule has 1 aromatic heterocycles. The standard InChI is InChI=1S/C25H26N2O4S/c1-30-20-12-7-6-11-19(20)24(28)26-13-8-14-27(16-15-26)25(29)23-21(31-2)17-22(32-23)18-9-4-3-5-10-18/h3-7,9-12,17H,8,13-16H2,1-2H3. The van der Waals surface area contributed by atoms with Crippen LogP contribution in [0.4, 0.5) is 0 Å². The fraction of sp³-hybridized carbons (Fsp3) is 0.280. The lowest BCUT2D eigenvalue weighted by Crippen LogP contribution is -2.37. The van der Waals surface area contributed by atoms with Gasteiger partial charge in [0.15, 0.2) is 0 Å². The Morgan fingerprint density at radius 1 is 0.781 bits per heavy atom. The molecule has 7 heteroatoms. The number of methoxy groups -OCH3 is 2. The van der Waals surface area contributed by atoms with E-state index in [4.69, 9.17) is 9.47 Å². The molecule has 4 rings (SSSR count). The minimum atomic E-state index is -0.0724. The van der Waals surface area contributed by atoms with Crippen molar-refractivity contribution in [3.63, 3.8) is 0 Å². The molecule has 1 saturated heterocycles. The number of amides is 2. The van der Waals surface area contributed by atoms with Crippen molar-refractivity contribution in [3.8, 4) is 21.9 Å². The van der Waals surface area contributed by atoms with E-state index in [1.54, 1.807) is 31.3 Å². The van der Waals surface area contributed by atoms with Gasteiger partial charge < -0.3 is 19.3 Å². The SMILES string of the molecule is COc1ccccc1C(=O)N1CCCN(C(=O)c2sc(-c3ccccc3)cc2OC)CC1. The van der Waals surface area contributed by atoms with Gasteiger partial charge in [-0.15, -0.1) is 11.3 Å². The van der Waals surface area contributed by atoms with Crippen LogP contribution in [0.15, 0.2) is 60.7 Å². The van der Waals surface area contributed by atoms with Gasteiger partial charge in [0, 0.05) is 31.1 Å². The van der Waals surface area contributed by atoms with Gasteiger partial charge in [0.2, 0.25) is 0 Å². The quantitative estimate of drug-likeness (QED) is 0.577. The van der Waals surface area contributed by atoms with Crippen LogP contribution in [-0.4, -0.2) is 62.0 Å². The molecule has 3 aromatic rings. The second kappa shape index (κ2) is 9.87. The van der Waals surface area contributed by atoms with Gasteiger partial charge in [-0.05, 0) is 30.2 Å². The molecule has 0 radical (unpaired) electrons. The van der Waals surface area contributed by atoms with Crippen LogP contribution in [0, 0.1) is 0 Å². The van der Waals surface area contributed by atoms with E-state index in [1.807, 2.05) is 53.4 Å². The number of ether oxygens (including phenoxy) is 2. The Morgan fingerprint density at radius 3 is 2.09 bits per heavy atom. The average Bonchev–Trinajstić information content (AvgIpc) is 3.13. The van der Waals surface area contributed by atoms with E-state index in [1.165, 1.54) is 11.3 Å². The molecule has 2 aromatic carbocycles. The smallest absolute Gasteiger partial charge is 0.267 e. The molecule has 2 amide bonds. The van der Waals surface area contributed by atoms with Crippen LogP contribution < -0.4 is 9.47 Å². The van der Waals surface area contributed by atoms with Crippen LogP contribution >= 0.6 is 11.3 Å². The first kappa shape index (κ1) is 21.9. The summed E-state index contributed by atoms with van der Waals surface area (Å²) in [6.45, 7) is 2.14. The van der Waals surface area contributed by atoms with Gasteiger partial charge in [-0.2, -0.15) is 0 Å². The Bertz CT molecular complexity index is 1100. The van der Waals surface area contributed by atoms with Gasteiger partial charge in [-0.1, -0.05) is 42.5 Å². The number of rotatable bonds is 5. The topological polar surface area (TPSA) is 59.1 Å². The zero-order valence-corrected chi connectivity index (χ0v) is 19.1. The first-order valence-electron chi connectivity index (χ1n) is 10.6. The molecule has 0 atom stereocenters. The number of thiophene rings is 1. The molecule has 2 heterocycles. The minimum Gasteiger partial charge on any atom is -0.496 e. The molecule has 0 N–H and O–H groups in total. The van der Waals surface area contributed by atoms with Gasteiger partial charge in [0.25, 0.3) is 11.8 Å². The number of hydrogen-bond donors (Lipinski definition) is 0. The molecule has 1 aliphatic rings. The highest BCUT2D eigenvalue weighted by atomic mass is 32.1. The molecule has 32 heavy (non-hydrogen) atoms. The summed E-state index contributed by atoms with van der Waals surface area (Å²) < 4.78 is 10.9. The fourth-order valence-electron chi connectivity index (χ4n) is 3.88. The zero-order valence-electron chi connectivity index (χ0n) is 18.2. The average molecular weight is 451 g/mol. The van der Waals surface area contributed by atoms with Crippen molar-refractivity contribution in [1.82, 2.24) is 9.80 Å². The summed E-state index contributed by atoms with van der Waals surface area (Å²) in [5.41, 5.74) is 1.60. The summed E-state index contributed by atoms with van der Waals surface area (Å²) in [5.74, 6) is 1.02. The van der Waals surface area contributed by atoms with Gasteiger partial charge in [0.1, 0.15) is 16.4 Å². The Labute approximate surface area is 192 Å². The number of hydrogen-bond acceptors (Lipinski definition) is 5. The first-order valence-corrected chi connectivity index (χ1v) is 11.4. The molecule has 0 spiro atoms. The van der Waals surface area contributed by atoms with Crippen LogP contribution in [0.3, 0.4) is 0 Å². The van der Waals surface area contributed by atoms with Crippen LogP contribution in [0.1, 0.15) is 26.5 Å². The summed E-state index contributed by atoms with van der Waals surface area (Å²) in [5, 5.41) is 0. The van der Waals surface area contributed by atoms with E-state index >= 15 is 0 Å². The molecule has 1 aliphatic heterocycles. The predicted octanol–water partition coefficient (Wildman–Crippen LogP) is 4.42. The highest BCUT2D eigenvalue weighted by Gasteiger charge is 2.27. The van der Waals surface area contributed by atoms with E-state index in [0.717, 1.165) is 10.4 Å². The third-order valence-corrected chi connectivity index (χ3v) is 6.73.